The molecule has 26 heavy (non-hydrogen) atoms. The summed E-state index contributed by atoms with van der Waals surface area (Å²) in [4.78, 5) is 14.1. The summed E-state index contributed by atoms with van der Waals surface area (Å²) in [6.45, 7) is 6.47. The minimum Gasteiger partial charge on any atom is -0.353 e. The minimum atomic E-state index is 0.0150. The summed E-state index contributed by atoms with van der Waals surface area (Å²) in [5.41, 5.74) is 0.0286. The van der Waals surface area contributed by atoms with Gasteiger partial charge in [-0.25, -0.2) is 9.78 Å². The lowest BCUT2D eigenvalue weighted by Gasteiger charge is -2.22. The Morgan fingerprint density at radius 2 is 2.04 bits per heavy atom. The molecule has 0 N–H and O–H groups in total. The second-order valence-corrected chi connectivity index (χ2v) is 7.66. The Kier molecular flexibility index (Phi) is 9.53. The van der Waals surface area contributed by atoms with Gasteiger partial charge in [-0.3, -0.25) is 0 Å². The van der Waals surface area contributed by atoms with E-state index in [4.69, 9.17) is 18.9 Å². The van der Waals surface area contributed by atoms with E-state index in [1.807, 2.05) is 0 Å². The van der Waals surface area contributed by atoms with Gasteiger partial charge in [-0.1, -0.05) is 25.4 Å². The molecule has 0 aliphatic carbocycles. The molecule has 2 heterocycles. The number of unbranched alkanes of at least 4 members (excludes halogenated alkanes) is 2. The Morgan fingerprint density at radius 3 is 2.81 bits per heavy atom. The summed E-state index contributed by atoms with van der Waals surface area (Å²) in [7, 11) is 1.52. The molecule has 0 radical (unpaired) electrons. The lowest BCUT2D eigenvalue weighted by atomic mass is 9.86. The largest absolute Gasteiger partial charge is 0.353 e. The quantitative estimate of drug-likeness (QED) is 0.296. The lowest BCUT2D eigenvalue weighted by Crippen LogP contribution is -2.22. The van der Waals surface area contributed by atoms with Crippen LogP contribution >= 0.6 is 0 Å². The molecule has 1 atom stereocenters. The number of aryl methyl sites for hydroxylation is 1. The van der Waals surface area contributed by atoms with Crippen LogP contribution in [0.1, 0.15) is 70.5 Å². The van der Waals surface area contributed by atoms with Gasteiger partial charge >= 0.3 is 0 Å². The van der Waals surface area contributed by atoms with Crippen LogP contribution in [0.5, 0.6) is 0 Å². The van der Waals surface area contributed by atoms with Crippen molar-refractivity contribution in [3.05, 3.63) is 11.7 Å². The molecule has 1 aliphatic rings. The van der Waals surface area contributed by atoms with Crippen LogP contribution in [0.3, 0.4) is 0 Å². The number of hydrogen-bond donors (Lipinski definition) is 0. The summed E-state index contributed by atoms with van der Waals surface area (Å²) < 4.78 is 16.7. The van der Waals surface area contributed by atoms with Crippen LogP contribution in [0.25, 0.3) is 0 Å². The van der Waals surface area contributed by atoms with Gasteiger partial charge in [0.25, 0.3) is 0 Å². The Hall–Kier alpha value is -1.02. The van der Waals surface area contributed by atoms with Gasteiger partial charge in [0.1, 0.15) is 0 Å². The molecular formula is C19H34N2O5. The Balaban J connectivity index is 1.56. The highest BCUT2D eigenvalue weighted by Gasteiger charge is 2.22. The average molecular weight is 370 g/mol. The van der Waals surface area contributed by atoms with Crippen molar-refractivity contribution in [1.29, 1.82) is 0 Å². The number of ether oxygens (including phenoxy) is 2. The second kappa shape index (κ2) is 11.6. The van der Waals surface area contributed by atoms with Crippen LogP contribution in [-0.2, 0) is 32.1 Å². The molecule has 0 bridgehead atoms. The van der Waals surface area contributed by atoms with E-state index < -0.39 is 0 Å². The van der Waals surface area contributed by atoms with Crippen molar-refractivity contribution >= 4 is 0 Å². The molecule has 0 spiro atoms. The standard InChI is InChI=1S/C19H34N2O5/c1-19(2,11-14-25-22-3)15-17-20-16(21-26-17)9-5-4-7-12-23-18-10-6-8-13-24-18/h18H,4-15H2,1-3H3. The lowest BCUT2D eigenvalue weighted by molar-refractivity contribution is -0.275. The van der Waals surface area contributed by atoms with Crippen molar-refractivity contribution in [3.63, 3.8) is 0 Å². The number of hydrogen-bond acceptors (Lipinski definition) is 7. The third-order valence-electron chi connectivity index (χ3n) is 4.61. The first-order valence-electron chi connectivity index (χ1n) is 9.79. The van der Waals surface area contributed by atoms with Gasteiger partial charge in [0.05, 0.1) is 13.7 Å². The van der Waals surface area contributed by atoms with Gasteiger partial charge in [0.15, 0.2) is 12.1 Å². The van der Waals surface area contributed by atoms with Gasteiger partial charge in [-0.2, -0.15) is 4.98 Å². The van der Waals surface area contributed by atoms with E-state index in [0.717, 1.165) is 70.4 Å². The van der Waals surface area contributed by atoms with Crippen LogP contribution in [0.15, 0.2) is 4.52 Å². The number of aromatic nitrogens is 2. The van der Waals surface area contributed by atoms with Gasteiger partial charge in [0, 0.05) is 26.1 Å². The number of nitrogens with zero attached hydrogens (tertiary/aromatic N) is 2. The smallest absolute Gasteiger partial charge is 0.227 e. The zero-order chi connectivity index (χ0) is 18.7. The van der Waals surface area contributed by atoms with Crippen LogP contribution in [-0.4, -0.2) is 43.4 Å². The van der Waals surface area contributed by atoms with Crippen molar-refractivity contribution in [2.45, 2.75) is 77.9 Å². The third-order valence-corrected chi connectivity index (χ3v) is 4.61. The van der Waals surface area contributed by atoms with Gasteiger partial charge in [0.2, 0.25) is 5.89 Å². The highest BCUT2D eigenvalue weighted by atomic mass is 17.2. The number of rotatable bonds is 13. The Labute approximate surface area is 156 Å². The van der Waals surface area contributed by atoms with Crippen LogP contribution in [0.4, 0.5) is 0 Å². The Bertz CT molecular complexity index is 486. The monoisotopic (exact) mass is 370 g/mol. The molecule has 7 heteroatoms. The van der Waals surface area contributed by atoms with E-state index in [9.17, 15) is 0 Å². The molecule has 7 nitrogen and oxygen atoms in total. The van der Waals surface area contributed by atoms with Crippen molar-refractivity contribution in [1.82, 2.24) is 10.1 Å². The van der Waals surface area contributed by atoms with E-state index in [0.29, 0.717) is 12.5 Å². The van der Waals surface area contributed by atoms with Gasteiger partial charge in [-0.05, 0) is 43.9 Å². The summed E-state index contributed by atoms with van der Waals surface area (Å²) in [5.74, 6) is 1.49. The maximum atomic E-state index is 5.74. The molecule has 1 aliphatic heterocycles. The zero-order valence-electron chi connectivity index (χ0n) is 16.5. The molecule has 0 amide bonds. The van der Waals surface area contributed by atoms with Crippen LogP contribution < -0.4 is 0 Å². The first kappa shape index (κ1) is 21.3. The van der Waals surface area contributed by atoms with E-state index in [1.54, 1.807) is 0 Å². The fourth-order valence-electron chi connectivity index (χ4n) is 2.98. The molecule has 1 saturated heterocycles. The highest BCUT2D eigenvalue weighted by molar-refractivity contribution is 4.90. The average Bonchev–Trinajstić information content (AvgIpc) is 3.05. The first-order chi connectivity index (χ1) is 12.6. The van der Waals surface area contributed by atoms with Crippen molar-refractivity contribution < 1.29 is 23.8 Å². The van der Waals surface area contributed by atoms with Crippen LogP contribution in [0, 0.1) is 5.41 Å². The maximum Gasteiger partial charge on any atom is 0.227 e. The summed E-state index contributed by atoms with van der Waals surface area (Å²) in [5, 5.41) is 4.09. The molecule has 1 aromatic heterocycles. The first-order valence-corrected chi connectivity index (χ1v) is 9.79. The Morgan fingerprint density at radius 1 is 1.15 bits per heavy atom. The SMILES string of the molecule is COOCCC(C)(C)Cc1nc(CCCCCOC2CCCCO2)no1. The fourth-order valence-corrected chi connectivity index (χ4v) is 2.98. The van der Waals surface area contributed by atoms with Crippen molar-refractivity contribution in [3.8, 4) is 0 Å². The normalized spacial score (nSPS) is 18.3. The predicted molar refractivity (Wildman–Crippen MR) is 96.5 cm³/mol. The molecule has 1 fully saturated rings. The topological polar surface area (TPSA) is 75.8 Å². The van der Waals surface area contributed by atoms with Crippen molar-refractivity contribution in [2.24, 2.45) is 5.41 Å². The summed E-state index contributed by atoms with van der Waals surface area (Å²) >= 11 is 0. The predicted octanol–water partition coefficient (Wildman–Crippen LogP) is 3.86. The third kappa shape index (κ3) is 8.58. The molecule has 0 saturated carbocycles. The molecule has 2 rings (SSSR count). The summed E-state index contributed by atoms with van der Waals surface area (Å²) in [6.07, 6.45) is 9.03. The van der Waals surface area contributed by atoms with E-state index in [2.05, 4.69) is 28.9 Å². The fraction of sp³-hybridized carbons (Fsp3) is 0.895. The zero-order valence-corrected chi connectivity index (χ0v) is 16.5. The maximum absolute atomic E-state index is 5.74. The molecule has 150 valence electrons. The van der Waals surface area contributed by atoms with E-state index in [1.165, 1.54) is 13.5 Å². The molecule has 1 aromatic rings. The van der Waals surface area contributed by atoms with Gasteiger partial charge in [-0.15, -0.1) is 0 Å². The van der Waals surface area contributed by atoms with E-state index >= 15 is 0 Å². The summed E-state index contributed by atoms with van der Waals surface area (Å²) in [6, 6.07) is 0. The molecular weight excluding hydrogens is 336 g/mol. The van der Waals surface area contributed by atoms with Crippen molar-refractivity contribution in [2.75, 3.05) is 26.9 Å². The van der Waals surface area contributed by atoms with Gasteiger partial charge < -0.3 is 14.0 Å². The molecule has 0 aromatic carbocycles. The minimum absolute atomic E-state index is 0.0150. The van der Waals surface area contributed by atoms with Crippen LogP contribution in [0.2, 0.25) is 0 Å². The molecule has 1 unspecified atom stereocenters. The second-order valence-electron chi connectivity index (χ2n) is 7.66. The van der Waals surface area contributed by atoms with E-state index in [-0.39, 0.29) is 11.7 Å². The highest BCUT2D eigenvalue weighted by Crippen LogP contribution is 2.25.